The number of furan rings is 1. The number of aromatic amines is 1. The molecule has 0 saturated carbocycles. The van der Waals surface area contributed by atoms with E-state index < -0.39 is 0 Å². The molecule has 0 fully saturated rings. The van der Waals surface area contributed by atoms with Gasteiger partial charge in [0.25, 0.3) is 5.56 Å². The first kappa shape index (κ1) is 14.4. The highest BCUT2D eigenvalue weighted by atomic mass is 35.5. The number of hydrogen-bond acceptors (Lipinski definition) is 3. The molecule has 7 heteroatoms. The average Bonchev–Trinajstić information content (AvgIpc) is 2.86. The molecule has 4 nitrogen and oxygen atoms in total. The van der Waals surface area contributed by atoms with Crippen molar-refractivity contribution in [3.8, 4) is 11.4 Å². The second-order valence-corrected chi connectivity index (χ2v) is 6.11. The number of nitrogens with one attached hydrogen (secondary N) is 1. The van der Waals surface area contributed by atoms with Crippen LogP contribution in [0.4, 0.5) is 0 Å². The van der Waals surface area contributed by atoms with Gasteiger partial charge in [0.05, 0.1) is 15.6 Å². The molecule has 0 radical (unpaired) electrons. The molecule has 2 aromatic heterocycles. The second-order valence-electron chi connectivity index (χ2n) is 5.29. The average molecular weight is 343 g/mol. The minimum absolute atomic E-state index is 0.192. The van der Waals surface area contributed by atoms with Crippen molar-refractivity contribution in [2.75, 3.05) is 0 Å². The van der Waals surface area contributed by atoms with Gasteiger partial charge in [0.2, 0.25) is 5.58 Å². The smallest absolute Gasteiger partial charge is 0.294 e. The minimum atomic E-state index is -0.366. The van der Waals surface area contributed by atoms with E-state index in [1.165, 1.54) is 0 Å². The van der Waals surface area contributed by atoms with E-state index in [1.807, 2.05) is 26.0 Å². The lowest BCUT2D eigenvalue weighted by atomic mass is 9.95. The molecule has 0 atom stereocenters. The molecule has 2 aromatic carbocycles. The van der Waals surface area contributed by atoms with Gasteiger partial charge in [0.15, 0.2) is 0 Å². The Morgan fingerprint density at radius 1 is 1.13 bits per heavy atom. The summed E-state index contributed by atoms with van der Waals surface area (Å²) in [5.41, 5.74) is 2.49. The van der Waals surface area contributed by atoms with Crippen molar-refractivity contribution in [2.24, 2.45) is 0 Å². The normalized spacial score (nSPS) is 11.4. The standard InChI is InChI=1S/C16H9BCl2N2O2/c17-7-4-5-11-8(6-7)13-14(23-11)16(22)21-15(20-13)12-9(18)2-1-3-10(12)19/h1-6H,17H2,(H,20,21,22). The summed E-state index contributed by atoms with van der Waals surface area (Å²) in [6.45, 7) is 0. The molecular formula is C16H9BCl2N2O2. The SMILES string of the molecule is Bc1ccc2oc3c(=O)[nH]c(-c4c(Cl)cccc4Cl)nc3c2c1. The Labute approximate surface area is 141 Å². The summed E-state index contributed by atoms with van der Waals surface area (Å²) in [7, 11) is 1.97. The monoisotopic (exact) mass is 342 g/mol. The number of rotatable bonds is 1. The Balaban J connectivity index is 2.12. The number of halogens is 2. The second kappa shape index (κ2) is 5.15. The molecule has 4 rings (SSSR count). The van der Waals surface area contributed by atoms with E-state index in [4.69, 9.17) is 27.6 Å². The summed E-state index contributed by atoms with van der Waals surface area (Å²) in [4.78, 5) is 19.6. The molecular weight excluding hydrogens is 334 g/mol. The first-order valence-corrected chi connectivity index (χ1v) is 7.68. The summed E-state index contributed by atoms with van der Waals surface area (Å²) in [6, 6.07) is 10.8. The van der Waals surface area contributed by atoms with Gasteiger partial charge in [0, 0.05) is 5.39 Å². The summed E-state index contributed by atoms with van der Waals surface area (Å²) in [5, 5.41) is 1.63. The zero-order valence-corrected chi connectivity index (χ0v) is 13.5. The molecule has 0 bridgehead atoms. The number of H-pyrrole nitrogens is 1. The first-order chi connectivity index (χ1) is 11.0. The van der Waals surface area contributed by atoms with Gasteiger partial charge in [-0.1, -0.05) is 46.9 Å². The number of nitrogens with zero attached hydrogens (tertiary/aromatic N) is 1. The van der Waals surface area contributed by atoms with Crippen LogP contribution >= 0.6 is 23.2 Å². The molecule has 4 aromatic rings. The van der Waals surface area contributed by atoms with Crippen LogP contribution in [0.3, 0.4) is 0 Å². The van der Waals surface area contributed by atoms with Gasteiger partial charge in [-0.25, -0.2) is 4.98 Å². The van der Waals surface area contributed by atoms with Crippen molar-refractivity contribution in [1.29, 1.82) is 0 Å². The lowest BCUT2D eigenvalue weighted by Gasteiger charge is -2.05. The molecule has 0 amide bonds. The van der Waals surface area contributed by atoms with E-state index in [-0.39, 0.29) is 11.1 Å². The van der Waals surface area contributed by atoms with Gasteiger partial charge in [-0.05, 0) is 18.2 Å². The molecule has 0 aliphatic rings. The highest BCUT2D eigenvalue weighted by Gasteiger charge is 2.17. The van der Waals surface area contributed by atoms with E-state index in [1.54, 1.807) is 18.2 Å². The maximum Gasteiger partial charge on any atom is 0.294 e. The number of fused-ring (bicyclic) bond motifs is 3. The van der Waals surface area contributed by atoms with Crippen LogP contribution in [0.1, 0.15) is 0 Å². The quantitative estimate of drug-likeness (QED) is 0.541. The topological polar surface area (TPSA) is 58.9 Å². The molecule has 2 heterocycles. The van der Waals surface area contributed by atoms with Crippen molar-refractivity contribution in [1.82, 2.24) is 9.97 Å². The third-order valence-electron chi connectivity index (χ3n) is 3.68. The fourth-order valence-electron chi connectivity index (χ4n) is 2.61. The first-order valence-electron chi connectivity index (χ1n) is 6.92. The zero-order valence-electron chi connectivity index (χ0n) is 12.0. The highest BCUT2D eigenvalue weighted by Crippen LogP contribution is 2.33. The fourth-order valence-corrected chi connectivity index (χ4v) is 3.19. The molecule has 0 spiro atoms. The van der Waals surface area contributed by atoms with Gasteiger partial charge >= 0.3 is 0 Å². The molecule has 1 N–H and O–H groups in total. The number of benzene rings is 2. The Morgan fingerprint density at radius 3 is 2.61 bits per heavy atom. The fraction of sp³-hybridized carbons (Fsp3) is 0. The Hall–Kier alpha value is -2.24. The lowest BCUT2D eigenvalue weighted by molar-refractivity contribution is 0.661. The minimum Gasteiger partial charge on any atom is -0.449 e. The van der Waals surface area contributed by atoms with Crippen molar-refractivity contribution >= 4 is 58.6 Å². The van der Waals surface area contributed by atoms with Crippen LogP contribution in [-0.4, -0.2) is 17.8 Å². The molecule has 23 heavy (non-hydrogen) atoms. The van der Waals surface area contributed by atoms with Crippen molar-refractivity contribution < 1.29 is 4.42 Å². The number of hydrogen-bond donors (Lipinski definition) is 1. The van der Waals surface area contributed by atoms with Gasteiger partial charge in [-0.15, -0.1) is 0 Å². The van der Waals surface area contributed by atoms with Crippen molar-refractivity contribution in [3.05, 3.63) is 56.8 Å². The van der Waals surface area contributed by atoms with Gasteiger partial charge < -0.3 is 9.40 Å². The van der Waals surface area contributed by atoms with Crippen LogP contribution in [0.25, 0.3) is 33.5 Å². The van der Waals surface area contributed by atoms with Crippen LogP contribution in [0.5, 0.6) is 0 Å². The van der Waals surface area contributed by atoms with Crippen LogP contribution in [0.15, 0.2) is 45.6 Å². The van der Waals surface area contributed by atoms with E-state index >= 15 is 0 Å². The van der Waals surface area contributed by atoms with E-state index in [2.05, 4.69) is 9.97 Å². The van der Waals surface area contributed by atoms with Crippen LogP contribution < -0.4 is 11.0 Å². The third-order valence-corrected chi connectivity index (χ3v) is 4.31. The van der Waals surface area contributed by atoms with Crippen molar-refractivity contribution in [3.63, 3.8) is 0 Å². The van der Waals surface area contributed by atoms with Gasteiger partial charge in [-0.2, -0.15) is 0 Å². The number of aromatic nitrogens is 2. The summed E-state index contributed by atoms with van der Waals surface area (Å²) >= 11 is 12.4. The highest BCUT2D eigenvalue weighted by molar-refractivity contribution is 6.39. The van der Waals surface area contributed by atoms with Crippen LogP contribution in [-0.2, 0) is 0 Å². The Morgan fingerprint density at radius 2 is 1.87 bits per heavy atom. The van der Waals surface area contributed by atoms with Gasteiger partial charge in [-0.3, -0.25) is 4.79 Å². The van der Waals surface area contributed by atoms with Crippen molar-refractivity contribution in [2.45, 2.75) is 0 Å². The lowest BCUT2D eigenvalue weighted by Crippen LogP contribution is -2.08. The third kappa shape index (κ3) is 2.24. The summed E-state index contributed by atoms with van der Waals surface area (Å²) in [6.07, 6.45) is 0. The van der Waals surface area contributed by atoms with E-state index in [0.717, 1.165) is 10.8 Å². The molecule has 0 saturated heterocycles. The maximum atomic E-state index is 12.4. The summed E-state index contributed by atoms with van der Waals surface area (Å²) in [5.74, 6) is 0.322. The van der Waals surface area contributed by atoms with E-state index in [0.29, 0.717) is 32.5 Å². The maximum absolute atomic E-state index is 12.4. The van der Waals surface area contributed by atoms with Gasteiger partial charge in [0.1, 0.15) is 24.8 Å². The Bertz CT molecular complexity index is 1110. The Kier molecular flexibility index (Phi) is 3.22. The molecule has 0 aliphatic heterocycles. The molecule has 0 unspecified atom stereocenters. The summed E-state index contributed by atoms with van der Waals surface area (Å²) < 4.78 is 5.62. The predicted molar refractivity (Wildman–Crippen MR) is 95.8 cm³/mol. The van der Waals surface area contributed by atoms with Crippen LogP contribution in [0.2, 0.25) is 10.0 Å². The molecule has 112 valence electrons. The van der Waals surface area contributed by atoms with E-state index in [9.17, 15) is 4.79 Å². The van der Waals surface area contributed by atoms with Crippen LogP contribution in [0, 0.1) is 0 Å². The largest absolute Gasteiger partial charge is 0.449 e. The predicted octanol–water partition coefficient (Wildman–Crippen LogP) is 2.90. The zero-order chi connectivity index (χ0) is 16.1. The molecule has 0 aliphatic carbocycles.